The van der Waals surface area contributed by atoms with Gasteiger partial charge in [0.1, 0.15) is 94.9 Å². The molecule has 37 nitrogen and oxygen atoms in total. The molecule has 0 aromatic heterocycles. The Balaban J connectivity index is 0.902. The summed E-state index contributed by atoms with van der Waals surface area (Å²) in [5.74, 6) is -16.8. The van der Waals surface area contributed by atoms with Crippen LogP contribution in [0.15, 0.2) is 126 Å². The number of aliphatic hydroxyl groups is 6. The minimum absolute atomic E-state index is 0.0718. The Morgan fingerprint density at radius 1 is 0.683 bits per heavy atom. The number of sulfonamides is 1. The molecule has 7 aromatic carbocycles. The van der Waals surface area contributed by atoms with Crippen LogP contribution in [0.5, 0.6) is 57.5 Å². The molecular weight excluding hydrogens is 1900 g/mol. The van der Waals surface area contributed by atoms with Crippen molar-refractivity contribution in [1.29, 1.82) is 0 Å². The number of aliphatic hydroxyl groups excluding tert-OH is 6. The number of nitrogens with one attached hydrogen (secondary N) is 8. The number of rotatable bonds is 29. The number of fused-ring (bicyclic) bond motifs is 15. The Bertz CT molecular complexity index is 5950. The number of carbonyl (C=O) groups excluding carboxylic acids is 9. The molecule has 7 heterocycles. The Labute approximate surface area is 830 Å². The molecule has 2 saturated heterocycles. The smallest absolute Gasteiger partial charge is 0.325 e. The molecule has 18 rings (SSSR count). The number of ether oxygens (including phenoxy) is 8. The number of amides is 7. The molecule has 7 aliphatic heterocycles. The summed E-state index contributed by atoms with van der Waals surface area (Å²) in [6, 6.07) is 16.2. The number of methoxy groups -OCH3 is 1. The summed E-state index contributed by atoms with van der Waals surface area (Å²) in [5, 5.41) is 128. The number of anilines is 1. The third-order valence-electron chi connectivity index (χ3n) is 28.5. The normalized spacial score (nSPS) is 28.3. The lowest BCUT2D eigenvalue weighted by Crippen LogP contribution is -2.64. The number of Topliss-reactive ketones (excluding diaryl/α,β-unsaturated/α-hetero) is 3. The lowest BCUT2D eigenvalue weighted by atomic mass is 9.51. The van der Waals surface area contributed by atoms with Crippen molar-refractivity contribution in [3.05, 3.63) is 165 Å². The minimum Gasteiger partial charge on any atom is -0.507 e. The number of aromatic hydroxyl groups is 3. The number of phenolic OH excluding ortho intramolecular Hbond substituents is 3. The van der Waals surface area contributed by atoms with E-state index in [4.69, 9.17) is 66.8 Å². The second-order valence-corrected chi connectivity index (χ2v) is 41.7. The van der Waals surface area contributed by atoms with E-state index in [0.717, 1.165) is 81.7 Å². The number of imide groups is 1. The number of carbonyl (C=O) groups is 9. The quantitative estimate of drug-likeness (QED) is 0.0194. The van der Waals surface area contributed by atoms with Crippen LogP contribution in [0.1, 0.15) is 201 Å². The van der Waals surface area contributed by atoms with Gasteiger partial charge in [0.25, 0.3) is 0 Å². The van der Waals surface area contributed by atoms with Gasteiger partial charge in [-0.2, -0.15) is 0 Å². The molecule has 764 valence electrons. The van der Waals surface area contributed by atoms with Gasteiger partial charge in [-0.25, -0.2) is 17.9 Å². The Hall–Kier alpha value is -11.2. The zero-order valence-electron chi connectivity index (χ0n) is 79.5. The minimum atomic E-state index is -4.15. The van der Waals surface area contributed by atoms with Crippen LogP contribution in [0.4, 0.5) is 10.5 Å². The Kier molecular flexibility index (Phi) is 33.3. The highest BCUT2D eigenvalue weighted by molar-refractivity contribution is 7.89. The molecule has 142 heavy (non-hydrogen) atoms. The van der Waals surface area contributed by atoms with Gasteiger partial charge in [0, 0.05) is 80.0 Å². The summed E-state index contributed by atoms with van der Waals surface area (Å²) in [4.78, 5) is 141. The van der Waals surface area contributed by atoms with Crippen LogP contribution in [0.2, 0.25) is 10.0 Å². The first-order chi connectivity index (χ1) is 67.7. The second kappa shape index (κ2) is 45.0. The maximum atomic E-state index is 17.1. The van der Waals surface area contributed by atoms with Gasteiger partial charge in [-0.05, 0) is 232 Å². The molecule has 40 heteroatoms. The van der Waals surface area contributed by atoms with Crippen LogP contribution >= 0.6 is 23.2 Å². The third kappa shape index (κ3) is 23.7. The third-order valence-corrected chi connectivity index (χ3v) is 30.5. The van der Waals surface area contributed by atoms with E-state index in [0.29, 0.717) is 36.4 Å². The number of halogens is 2. The highest BCUT2D eigenvalue weighted by Gasteiger charge is 2.54. The van der Waals surface area contributed by atoms with E-state index in [1.807, 2.05) is 13.8 Å². The lowest BCUT2D eigenvalue weighted by molar-refractivity contribution is -0.333. The predicted octanol–water partition coefficient (Wildman–Crippen LogP) is 9.98. The number of ketones is 3. The van der Waals surface area contributed by atoms with Crippen LogP contribution in [-0.2, 0) is 69.1 Å². The van der Waals surface area contributed by atoms with Crippen LogP contribution < -0.4 is 71.4 Å². The number of phenols is 3. The van der Waals surface area contributed by atoms with Crippen LogP contribution in [0.25, 0.3) is 11.1 Å². The topological polar surface area (TPSA) is 566 Å². The number of nitrogens with two attached hydrogens (primary N) is 1. The van der Waals surface area contributed by atoms with Crippen LogP contribution in [-0.4, -0.2) is 208 Å². The predicted molar refractivity (Wildman–Crippen MR) is 515 cm³/mol. The Morgan fingerprint density at radius 2 is 1.33 bits per heavy atom. The van der Waals surface area contributed by atoms with E-state index < -0.39 is 255 Å². The average molecular weight is 2030 g/mol. The molecule has 0 spiro atoms. The monoisotopic (exact) mass is 2020 g/mol. The van der Waals surface area contributed by atoms with Gasteiger partial charge in [-0.15, -0.1) is 0 Å². The van der Waals surface area contributed by atoms with Crippen molar-refractivity contribution < 1.29 is 135 Å². The lowest BCUT2D eigenvalue weighted by Gasteiger charge is -2.54. The van der Waals surface area contributed by atoms with E-state index in [1.54, 1.807) is 6.92 Å². The zero-order chi connectivity index (χ0) is 102. The average Bonchev–Trinajstić information content (AvgIpc) is 0.747. The van der Waals surface area contributed by atoms with Crippen molar-refractivity contribution in [3.63, 3.8) is 0 Å². The molecule has 4 aliphatic carbocycles. The van der Waals surface area contributed by atoms with E-state index >= 15 is 28.8 Å². The molecule has 19 N–H and O–H groups in total. The fraction of sp³-hybridized carbons (Fsp3) is 0.500. The van der Waals surface area contributed by atoms with Crippen LogP contribution in [0, 0.1) is 47.3 Å². The zero-order valence-corrected chi connectivity index (χ0v) is 81.8. The fourth-order valence-electron chi connectivity index (χ4n) is 21.1. The van der Waals surface area contributed by atoms with Crippen molar-refractivity contribution in [3.8, 4) is 68.6 Å². The van der Waals surface area contributed by atoms with Gasteiger partial charge in [0.05, 0.1) is 64.9 Å². The molecule has 18 atom stereocenters. The SMILES string of the molecule is CCCCCOc1ccc(S(=O)(=O)NCCNCc2c(O)cc3c(c2O)-c2cc(ccc2O)[C@H]2CC(=O)[C@@H]4NC(=O)[C@H](CC(=O)NC(=O)Nc5ccc(OC)cc5)CC(=O)[C@H](NC(=O)[C@H](CC)CC(C)C)[C@H](O)c5ccc(c(Cl)c5)Oc5cc4cc(c5O[C@@H]4O[C@H](CO)[C@@H](O)[C@H](O)[C@H]4O[C@H]4C[C@](C)(N)[C@H](O)[C@H](C)O4)Oc4ccc(cc4Cl)[C@@H](O)[C@H](NC2=O)C(=O)N[C@@H]3C(=O)CC2C3CC4CC(C3)CC2C4)cc1. The fourth-order valence-corrected chi connectivity index (χ4v) is 22.6. The number of urea groups is 1. The van der Waals surface area contributed by atoms with Crippen molar-refractivity contribution in [2.24, 2.45) is 53.1 Å². The molecule has 11 aliphatic rings. The Morgan fingerprint density at radius 3 is 1.95 bits per heavy atom. The van der Waals surface area contributed by atoms with E-state index in [2.05, 4.69) is 48.9 Å². The summed E-state index contributed by atoms with van der Waals surface area (Å²) in [5.41, 5.74) is 2.91. The summed E-state index contributed by atoms with van der Waals surface area (Å²) in [6.45, 7) is 9.12. The standard InChI is InChI=1S/C102H123Cl2N9O28S/c1-8-10-11-28-135-62-19-21-63(22-20-62)142(132,133)107-27-26-106-46-68-72(116)44-67-83(90(68)123)66-35-53(12-23-71(66)115)65-43-74(118)84-58-39-78(137-76-24-13-54(36-69(76)103)88(121)86(112-96(127)52(9-2)29-48(3)4)73(117)38-59(97(128)110-84)41-81(120)109-101(131)108-60-15-17-61(134-7)18-16-60)93(141-100-94(92(125)91(124)80(47-114)139-100)140-82-45-102(6,105)95(126)49(5)136-82)79(40-58)138-77-25-14-55(37-70(77)104)89(122)87(113-98(65)129)99(130)111-85(67)75(119)42-64-56-31-50-30-51(33-56)34-57(64)32-50/h12-25,35-37,39-40,44,48-52,56-57,59,64-65,80,82,84-89,91-92,94-95,100,106-107,114-116,121-126H,8-11,26-34,38,41-43,45-47,105H2,1-7H3,(H,110,128)(H,111,130)(H,112,127)(H,113,129)(H2,108,109,120,131)/t49-,50?,51?,52+,56?,57?,59-,64?,65+,80+,82-,84+,85-,86-,87-,88+,89+,91+,92-,94+,95+,100-,102-/m0/s1. The molecular formula is C102H123Cl2N9O28S. The van der Waals surface area contributed by atoms with Crippen LogP contribution in [0.3, 0.4) is 0 Å². The van der Waals surface area contributed by atoms with E-state index in [1.165, 1.54) is 112 Å². The number of benzene rings is 7. The summed E-state index contributed by atoms with van der Waals surface area (Å²) < 4.78 is 80.5. The van der Waals surface area contributed by atoms with E-state index in [9.17, 15) is 68.8 Å². The maximum absolute atomic E-state index is 17.1. The molecule has 15 bridgehead atoms. The second-order valence-electron chi connectivity index (χ2n) is 39.1. The van der Waals surface area contributed by atoms with Crippen molar-refractivity contribution in [1.82, 2.24) is 36.6 Å². The van der Waals surface area contributed by atoms with Gasteiger partial charge in [-0.3, -0.25) is 43.7 Å². The first-order valence-electron chi connectivity index (χ1n) is 48.1. The highest BCUT2D eigenvalue weighted by atomic mass is 35.5. The molecule has 0 radical (unpaired) electrons. The highest BCUT2D eigenvalue weighted by Crippen LogP contribution is 2.59. The van der Waals surface area contributed by atoms with Gasteiger partial charge in [0.15, 0.2) is 41.2 Å². The molecule has 7 aromatic rings. The van der Waals surface area contributed by atoms with Crippen molar-refractivity contribution >= 4 is 91.8 Å². The largest absolute Gasteiger partial charge is 0.507 e. The first-order valence-corrected chi connectivity index (χ1v) is 50.4. The first kappa shape index (κ1) is 105. The van der Waals surface area contributed by atoms with Crippen molar-refractivity contribution in [2.45, 2.75) is 246 Å². The van der Waals surface area contributed by atoms with Gasteiger partial charge in [0.2, 0.25) is 51.6 Å². The number of unbranched alkanes of at least 4 members (excludes halogenated alkanes) is 2. The van der Waals surface area contributed by atoms with Crippen molar-refractivity contribution in [2.75, 3.05) is 38.7 Å². The number of hydrogen-bond donors (Lipinski definition) is 18. The molecule has 0 unspecified atom stereocenters. The summed E-state index contributed by atoms with van der Waals surface area (Å²) in [6.07, 6.45) is -13.8. The van der Waals surface area contributed by atoms with E-state index in [-0.39, 0.29) is 117 Å². The molecule has 7 amide bonds. The summed E-state index contributed by atoms with van der Waals surface area (Å²) >= 11 is 14.7. The summed E-state index contributed by atoms with van der Waals surface area (Å²) in [7, 11) is -2.73. The van der Waals surface area contributed by atoms with Gasteiger partial charge >= 0.3 is 6.03 Å². The molecule has 6 fully saturated rings. The number of hydrogen-bond acceptors (Lipinski definition) is 30. The van der Waals surface area contributed by atoms with Gasteiger partial charge < -0.3 is 121 Å². The maximum Gasteiger partial charge on any atom is 0.325 e. The van der Waals surface area contributed by atoms with Gasteiger partial charge in [-0.1, -0.05) is 81.9 Å². The molecule has 4 saturated carbocycles.